The van der Waals surface area contributed by atoms with Crippen molar-refractivity contribution in [3.8, 4) is 0 Å². The van der Waals surface area contributed by atoms with E-state index in [1.165, 1.54) is 19.6 Å². The fourth-order valence-corrected chi connectivity index (χ4v) is 13.9. The molecule has 40 heteroatoms. The van der Waals surface area contributed by atoms with Crippen LogP contribution in [0.2, 0.25) is 0 Å². The molecular weight excluding hydrogens is 1460 g/mol. The molecule has 1 aromatic rings. The van der Waals surface area contributed by atoms with E-state index in [0.717, 1.165) is 0 Å². The zero-order chi connectivity index (χ0) is 83.1. The van der Waals surface area contributed by atoms with Gasteiger partial charge in [-0.3, -0.25) is 82.1 Å². The average molecular weight is 1580 g/mol. The third-order valence-corrected chi connectivity index (χ3v) is 19.7. The van der Waals surface area contributed by atoms with Crippen LogP contribution in [0.25, 0.3) is 0 Å². The summed E-state index contributed by atoms with van der Waals surface area (Å²) in [5, 5.41) is 44.8. The minimum Gasteiger partial charge on any atom is -0.394 e. The Morgan fingerprint density at radius 1 is 0.438 bits per heavy atom. The highest BCUT2D eigenvalue weighted by Crippen LogP contribution is 2.27. The number of aliphatic hydroxyl groups excluding tert-OH is 2. The Morgan fingerprint density at radius 3 is 1.34 bits per heavy atom. The van der Waals surface area contributed by atoms with Crippen LogP contribution in [-0.2, 0) is 73.5 Å². The van der Waals surface area contributed by atoms with Crippen LogP contribution in [0.15, 0.2) is 45.3 Å². The molecule has 112 heavy (non-hydrogen) atoms. The maximum atomic E-state index is 14.8. The van der Waals surface area contributed by atoms with Crippen molar-refractivity contribution >= 4 is 101 Å². The van der Waals surface area contributed by atoms with E-state index in [-0.39, 0.29) is 140 Å². The van der Waals surface area contributed by atoms with E-state index in [2.05, 4.69) is 62.8 Å². The summed E-state index contributed by atoms with van der Waals surface area (Å²) in [5.41, 5.74) is 45.0. The third-order valence-electron chi connectivity index (χ3n) is 19.7. The van der Waals surface area contributed by atoms with Crippen molar-refractivity contribution < 1.29 is 77.3 Å². The zero-order valence-corrected chi connectivity index (χ0v) is 65.1. The molecule has 5 rings (SSSR count). The Morgan fingerprint density at radius 2 is 0.839 bits per heavy atom. The van der Waals surface area contributed by atoms with E-state index < -0.39 is 187 Å². The quantitative estimate of drug-likeness (QED) is 0.0164. The maximum absolute atomic E-state index is 14.8. The first-order chi connectivity index (χ1) is 53.1. The van der Waals surface area contributed by atoms with Crippen molar-refractivity contribution in [2.45, 2.75) is 229 Å². The van der Waals surface area contributed by atoms with E-state index in [1.807, 2.05) is 27.7 Å². The van der Waals surface area contributed by atoms with Crippen LogP contribution in [0.3, 0.4) is 0 Å². The number of aliphatic hydroxyl groups is 2. The Kier molecular flexibility index (Phi) is 37.6. The Hall–Kier alpha value is -10.5. The second-order valence-corrected chi connectivity index (χ2v) is 29.9. The molecule has 4 heterocycles. The lowest BCUT2D eigenvalue weighted by Gasteiger charge is -2.32. The predicted octanol–water partition coefficient (Wildman–Crippen LogP) is -7.11. The first-order valence-corrected chi connectivity index (χ1v) is 38.5. The molecule has 624 valence electrons. The van der Waals surface area contributed by atoms with Gasteiger partial charge in [0.05, 0.1) is 25.8 Å². The SMILES string of the molecule is CC(C)C[C@@H](NC(=O)[C@H]1CCCN1C(=O)[C@H](NC(=O)[C@@H](CCCN=C(N)N)NC(=O)[C@@H](CO)NC(=O)[C@@H](Cc1ccccc1)NC(=O)[C@@H](CO)NC(=O)[C@H]1CCCN1C(=O)[C@@H](CC(C)C)NC(=O)[C@H](N)CCCN=C(N)N)C(C)C)C(=O)NCC(=O)N1CCC[C@@H]1C(=O)N1CCC[C@@H]1C(=O)N[C@H](CCCN=C(N)N)C(N)=O. The molecule has 4 aliphatic heterocycles. The Labute approximate surface area is 652 Å². The number of hydrogen-bond donors (Lipinski definition) is 19. The van der Waals surface area contributed by atoms with Crippen molar-refractivity contribution in [2.24, 2.45) is 78.6 Å². The molecule has 40 nitrogen and oxygen atoms in total. The molecule has 14 amide bonds. The third kappa shape index (κ3) is 28.7. The van der Waals surface area contributed by atoms with Gasteiger partial charge in [-0.15, -0.1) is 0 Å². The van der Waals surface area contributed by atoms with Gasteiger partial charge in [-0.2, -0.15) is 0 Å². The zero-order valence-electron chi connectivity index (χ0n) is 65.1. The fourth-order valence-electron chi connectivity index (χ4n) is 13.9. The number of amides is 14. The normalized spacial score (nSPS) is 19.1. The Balaban J connectivity index is 1.25. The van der Waals surface area contributed by atoms with Crippen molar-refractivity contribution in [3.63, 3.8) is 0 Å². The number of nitrogens with two attached hydrogens (primary N) is 8. The molecule has 0 spiro atoms. The second kappa shape index (κ2) is 45.7. The van der Waals surface area contributed by atoms with Crippen molar-refractivity contribution in [3.05, 3.63) is 35.9 Å². The van der Waals surface area contributed by atoms with Gasteiger partial charge in [0.25, 0.3) is 0 Å². The van der Waals surface area contributed by atoms with Crippen LogP contribution < -0.4 is 93.7 Å². The van der Waals surface area contributed by atoms with Crippen molar-refractivity contribution in [2.75, 3.05) is 65.6 Å². The molecule has 0 saturated carbocycles. The number of primary amides is 1. The summed E-state index contributed by atoms with van der Waals surface area (Å²) in [5.74, 6) is -12.1. The summed E-state index contributed by atoms with van der Waals surface area (Å²) in [6.07, 6.45) is 3.52. The summed E-state index contributed by atoms with van der Waals surface area (Å²) >= 11 is 0. The van der Waals surface area contributed by atoms with Crippen LogP contribution in [0.4, 0.5) is 0 Å². The van der Waals surface area contributed by atoms with Gasteiger partial charge in [0.15, 0.2) is 17.9 Å². The number of hydrogen-bond acceptors (Lipinski definition) is 20. The first-order valence-electron chi connectivity index (χ1n) is 38.5. The molecule has 0 aliphatic carbocycles. The molecule has 27 N–H and O–H groups in total. The van der Waals surface area contributed by atoms with Crippen LogP contribution in [-0.4, -0.2) is 275 Å². The minimum atomic E-state index is -1.81. The highest BCUT2D eigenvalue weighted by atomic mass is 16.3. The molecule has 1 aromatic carbocycles. The van der Waals surface area contributed by atoms with Gasteiger partial charge in [0, 0.05) is 52.2 Å². The smallest absolute Gasteiger partial charge is 0.246 e. The van der Waals surface area contributed by atoms with E-state index in [4.69, 9.17) is 45.9 Å². The molecule has 0 aromatic heterocycles. The monoisotopic (exact) mass is 1580 g/mol. The standard InChI is InChI=1S/C72H120N24O16/c1-39(2)33-46(59(102)84-36-55(99)93-29-16-25-54(93)68(111)95-31-14-23-52(95)64(107)85-44(57(74)100)20-11-27-82-71(77)78)88-65(108)53-24-15-32-96(53)69(112)56(41(5)6)92-60(103)45(21-12-28-83-72(79)80)86-62(105)49(37-97)90-61(104)47(35-42-17-8-7-9-18-42)87-63(106)50(38-98)91-66(109)51-22-13-30-94(51)67(110)48(34-40(3)4)89-58(101)43(73)19-10-26-81-70(75)76/h7-9,17-18,39-41,43-54,56,97-98H,10-16,19-38,73H2,1-6H3,(H2,74,100)(H,84,102)(H,85,107)(H,86,105)(H,87,106)(H,88,108)(H,89,101)(H,90,104)(H,91,109)(H,92,103)(H4,75,76,81)(H4,77,78,82)(H4,79,80,83)/t43-,44-,45-,46-,47-,48-,49-,50-,51-,52-,53-,54-,56-/m1/s1. The van der Waals surface area contributed by atoms with Gasteiger partial charge in [-0.1, -0.05) is 71.9 Å². The minimum absolute atomic E-state index is 0.0329. The summed E-state index contributed by atoms with van der Waals surface area (Å²) in [4.78, 5) is 213. The molecule has 4 saturated heterocycles. The van der Waals surface area contributed by atoms with Crippen molar-refractivity contribution in [1.82, 2.24) is 67.5 Å². The van der Waals surface area contributed by atoms with Gasteiger partial charge in [-0.05, 0) is 126 Å². The lowest BCUT2D eigenvalue weighted by Crippen LogP contribution is -2.62. The molecule has 0 unspecified atom stereocenters. The van der Waals surface area contributed by atoms with Crippen LogP contribution in [0, 0.1) is 17.8 Å². The highest BCUT2D eigenvalue weighted by Gasteiger charge is 2.46. The summed E-state index contributed by atoms with van der Waals surface area (Å²) in [6, 6.07) is -8.16. The lowest BCUT2D eigenvalue weighted by atomic mass is 10.00. The number of nitrogens with one attached hydrogen (secondary N) is 9. The number of likely N-dealkylation sites (tertiary alicyclic amines) is 4. The molecular formula is C72H120N24O16. The molecule has 4 aliphatic rings. The highest BCUT2D eigenvalue weighted by molar-refractivity contribution is 6.00. The first kappa shape index (κ1) is 92.1. The largest absolute Gasteiger partial charge is 0.394 e. The number of guanidine groups is 3. The number of carbonyl (C=O) groups excluding carboxylic acids is 14. The van der Waals surface area contributed by atoms with Crippen LogP contribution in [0.1, 0.15) is 150 Å². The second-order valence-electron chi connectivity index (χ2n) is 29.9. The van der Waals surface area contributed by atoms with Gasteiger partial charge in [0.2, 0.25) is 82.7 Å². The van der Waals surface area contributed by atoms with Crippen LogP contribution >= 0.6 is 0 Å². The topological polar surface area (TPSA) is 646 Å². The number of aliphatic imine (C=N–C) groups is 3. The predicted molar refractivity (Wildman–Crippen MR) is 412 cm³/mol. The van der Waals surface area contributed by atoms with E-state index in [9.17, 15) is 77.3 Å². The molecule has 0 bridgehead atoms. The number of benzene rings is 1. The maximum Gasteiger partial charge on any atom is 0.246 e. The lowest BCUT2D eigenvalue weighted by molar-refractivity contribution is -0.147. The van der Waals surface area contributed by atoms with E-state index >= 15 is 0 Å². The Bertz CT molecular complexity index is 3500. The summed E-state index contributed by atoms with van der Waals surface area (Å²) in [6.45, 7) is 8.95. The molecule has 0 radical (unpaired) electrons. The van der Waals surface area contributed by atoms with E-state index in [1.54, 1.807) is 44.2 Å². The fraction of sp³-hybridized carbons (Fsp3) is 0.681. The van der Waals surface area contributed by atoms with Gasteiger partial charge < -0.3 is 124 Å². The average Bonchev–Trinajstić information content (AvgIpc) is 1.68. The van der Waals surface area contributed by atoms with Gasteiger partial charge >= 0.3 is 0 Å². The van der Waals surface area contributed by atoms with E-state index in [0.29, 0.717) is 50.5 Å². The number of nitrogens with zero attached hydrogens (tertiary/aromatic N) is 7. The molecule has 13 atom stereocenters. The van der Waals surface area contributed by atoms with Gasteiger partial charge in [0.1, 0.15) is 72.5 Å². The summed E-state index contributed by atoms with van der Waals surface area (Å²) in [7, 11) is 0. The van der Waals surface area contributed by atoms with Crippen molar-refractivity contribution in [1.29, 1.82) is 0 Å². The summed E-state index contributed by atoms with van der Waals surface area (Å²) < 4.78 is 0. The number of rotatable bonds is 44. The number of carbonyl (C=O) groups is 14. The molecule has 4 fully saturated rings. The van der Waals surface area contributed by atoms with Gasteiger partial charge in [-0.25, -0.2) is 0 Å². The van der Waals surface area contributed by atoms with Crippen LogP contribution in [0.5, 0.6) is 0 Å².